The minimum absolute atomic E-state index is 0.00422. The van der Waals surface area contributed by atoms with Crippen LogP contribution in [0.4, 0.5) is 0 Å². The van der Waals surface area contributed by atoms with Crippen molar-refractivity contribution in [1.82, 2.24) is 4.98 Å². The number of hydrogen-bond donors (Lipinski definition) is 1. The molecule has 7 nitrogen and oxygen atoms in total. The van der Waals surface area contributed by atoms with Crippen molar-refractivity contribution in [1.29, 1.82) is 0 Å². The van der Waals surface area contributed by atoms with E-state index in [-0.39, 0.29) is 21.7 Å². The summed E-state index contributed by atoms with van der Waals surface area (Å²) in [4.78, 5) is 41.1. The SMILES string of the molecule is COC(=O)c1c(C(=O)O)ccc2sc(C(=O)OC(c3ccccc3)c3ccccc3)nc12. The van der Waals surface area contributed by atoms with Gasteiger partial charge in [-0.15, -0.1) is 11.3 Å². The molecule has 0 bridgehead atoms. The van der Waals surface area contributed by atoms with Crippen molar-refractivity contribution in [3.05, 3.63) is 100 Å². The maximum absolute atomic E-state index is 13.0. The van der Waals surface area contributed by atoms with E-state index in [9.17, 15) is 19.5 Å². The summed E-state index contributed by atoms with van der Waals surface area (Å²) in [5, 5.41) is 9.44. The molecule has 3 aromatic carbocycles. The molecular weight excluding hydrogens is 430 g/mol. The van der Waals surface area contributed by atoms with Gasteiger partial charge in [-0.25, -0.2) is 19.4 Å². The van der Waals surface area contributed by atoms with Gasteiger partial charge in [-0.2, -0.15) is 0 Å². The number of aromatic carboxylic acids is 1. The largest absolute Gasteiger partial charge is 0.478 e. The summed E-state index contributed by atoms with van der Waals surface area (Å²) in [5.74, 6) is -2.82. The molecule has 0 fully saturated rings. The van der Waals surface area contributed by atoms with E-state index >= 15 is 0 Å². The van der Waals surface area contributed by atoms with Crippen LogP contribution < -0.4 is 0 Å². The Kier molecular flexibility index (Phi) is 5.96. The topological polar surface area (TPSA) is 103 Å². The average Bonchev–Trinajstić information content (AvgIpc) is 3.27. The Morgan fingerprint density at radius 3 is 2.00 bits per heavy atom. The van der Waals surface area contributed by atoms with Gasteiger partial charge in [0, 0.05) is 0 Å². The second-order valence-corrected chi connectivity index (χ2v) is 7.79. The smallest absolute Gasteiger partial charge is 0.368 e. The van der Waals surface area contributed by atoms with Gasteiger partial charge in [-0.05, 0) is 23.3 Å². The zero-order valence-electron chi connectivity index (χ0n) is 16.8. The van der Waals surface area contributed by atoms with Gasteiger partial charge in [0.2, 0.25) is 5.01 Å². The third-order valence-electron chi connectivity index (χ3n) is 4.78. The first-order valence-electron chi connectivity index (χ1n) is 9.55. The number of fused-ring (bicyclic) bond motifs is 1. The van der Waals surface area contributed by atoms with E-state index in [1.165, 1.54) is 12.1 Å². The molecule has 1 heterocycles. The lowest BCUT2D eigenvalue weighted by molar-refractivity contribution is 0.0377. The Morgan fingerprint density at radius 2 is 1.47 bits per heavy atom. The van der Waals surface area contributed by atoms with Crippen LogP contribution in [0.15, 0.2) is 72.8 Å². The van der Waals surface area contributed by atoms with Crippen molar-refractivity contribution in [2.24, 2.45) is 0 Å². The van der Waals surface area contributed by atoms with E-state index in [4.69, 9.17) is 9.47 Å². The number of rotatable bonds is 6. The summed E-state index contributed by atoms with van der Waals surface area (Å²) in [6.45, 7) is 0. The fourth-order valence-electron chi connectivity index (χ4n) is 3.31. The molecular formula is C24H17NO6S. The summed E-state index contributed by atoms with van der Waals surface area (Å²) in [7, 11) is 1.15. The molecule has 8 heteroatoms. The first-order valence-corrected chi connectivity index (χ1v) is 10.4. The number of aromatic nitrogens is 1. The lowest BCUT2D eigenvalue weighted by Gasteiger charge is -2.18. The van der Waals surface area contributed by atoms with Crippen molar-refractivity contribution in [2.45, 2.75) is 6.10 Å². The van der Waals surface area contributed by atoms with E-state index in [0.29, 0.717) is 4.70 Å². The van der Waals surface area contributed by atoms with Crippen LogP contribution in [0, 0.1) is 0 Å². The fraction of sp³-hybridized carbons (Fsp3) is 0.0833. The third-order valence-corrected chi connectivity index (χ3v) is 5.79. The second kappa shape index (κ2) is 8.99. The number of esters is 2. The maximum atomic E-state index is 13.0. The number of carbonyl (C=O) groups excluding carboxylic acids is 2. The molecule has 0 amide bonds. The molecule has 0 aliphatic rings. The Labute approximate surface area is 186 Å². The van der Waals surface area contributed by atoms with Gasteiger partial charge in [0.25, 0.3) is 0 Å². The molecule has 4 aromatic rings. The predicted octanol–water partition coefficient (Wildman–Crippen LogP) is 4.73. The summed E-state index contributed by atoms with van der Waals surface area (Å²) < 4.78 is 11.0. The summed E-state index contributed by atoms with van der Waals surface area (Å²) in [5.41, 5.74) is 1.22. The van der Waals surface area contributed by atoms with Gasteiger partial charge >= 0.3 is 17.9 Å². The van der Waals surface area contributed by atoms with E-state index in [1.54, 1.807) is 0 Å². The van der Waals surface area contributed by atoms with Gasteiger partial charge in [0.1, 0.15) is 5.56 Å². The number of hydrogen-bond acceptors (Lipinski definition) is 7. The molecule has 1 aromatic heterocycles. The van der Waals surface area contributed by atoms with Crippen molar-refractivity contribution in [3.8, 4) is 0 Å². The van der Waals surface area contributed by atoms with Gasteiger partial charge < -0.3 is 14.6 Å². The Balaban J connectivity index is 1.74. The lowest BCUT2D eigenvalue weighted by atomic mass is 10.0. The number of ether oxygens (including phenoxy) is 2. The summed E-state index contributed by atoms with van der Waals surface area (Å²) >= 11 is 1.01. The fourth-order valence-corrected chi connectivity index (χ4v) is 4.17. The molecule has 1 N–H and O–H groups in total. The minimum atomic E-state index is -1.29. The standard InChI is InChI=1S/C24H17NO6S/c1-30-23(28)18-16(22(26)27)12-13-17-19(18)25-21(32-17)24(29)31-20(14-8-4-2-5-9-14)15-10-6-3-7-11-15/h2-13,20H,1H3,(H,26,27). The summed E-state index contributed by atoms with van der Waals surface area (Å²) in [6, 6.07) is 21.4. The van der Waals surface area contributed by atoms with Crippen LogP contribution in [0.1, 0.15) is 47.7 Å². The average molecular weight is 447 g/mol. The van der Waals surface area contributed by atoms with E-state index in [0.717, 1.165) is 29.6 Å². The molecule has 0 aliphatic heterocycles. The highest BCUT2D eigenvalue weighted by Crippen LogP contribution is 2.31. The highest BCUT2D eigenvalue weighted by atomic mass is 32.1. The first-order chi connectivity index (χ1) is 15.5. The molecule has 4 rings (SSSR count). The van der Waals surface area contributed by atoms with Gasteiger partial charge in [0.05, 0.1) is 22.9 Å². The molecule has 0 saturated heterocycles. The lowest BCUT2D eigenvalue weighted by Crippen LogP contribution is -2.13. The Morgan fingerprint density at radius 1 is 0.875 bits per heavy atom. The second-order valence-electron chi connectivity index (χ2n) is 6.76. The molecule has 32 heavy (non-hydrogen) atoms. The van der Waals surface area contributed by atoms with E-state index < -0.39 is 24.0 Å². The monoisotopic (exact) mass is 447 g/mol. The van der Waals surface area contributed by atoms with Crippen LogP contribution in [0.5, 0.6) is 0 Å². The van der Waals surface area contributed by atoms with E-state index in [2.05, 4.69) is 4.98 Å². The quantitative estimate of drug-likeness (QED) is 0.426. The highest BCUT2D eigenvalue weighted by molar-refractivity contribution is 7.20. The zero-order chi connectivity index (χ0) is 22.7. The van der Waals surface area contributed by atoms with Crippen LogP contribution >= 0.6 is 11.3 Å². The number of benzene rings is 3. The first kappa shape index (κ1) is 21.2. The number of nitrogens with zero attached hydrogens (tertiary/aromatic N) is 1. The number of methoxy groups -OCH3 is 1. The zero-order valence-corrected chi connectivity index (χ0v) is 17.7. The highest BCUT2D eigenvalue weighted by Gasteiger charge is 2.27. The van der Waals surface area contributed by atoms with Gasteiger partial charge in [0.15, 0.2) is 6.10 Å². The number of carbonyl (C=O) groups is 3. The molecule has 0 saturated carbocycles. The van der Waals surface area contributed by atoms with Gasteiger partial charge in [-0.1, -0.05) is 60.7 Å². The Bertz CT molecular complexity index is 1260. The van der Waals surface area contributed by atoms with Crippen molar-refractivity contribution in [3.63, 3.8) is 0 Å². The summed E-state index contributed by atoms with van der Waals surface area (Å²) in [6.07, 6.45) is -0.661. The normalized spacial score (nSPS) is 10.8. The Hall–Kier alpha value is -4.04. The molecule has 0 radical (unpaired) electrons. The molecule has 160 valence electrons. The molecule has 0 unspecified atom stereocenters. The number of carboxylic acid groups (broad SMARTS) is 1. The minimum Gasteiger partial charge on any atom is -0.478 e. The number of carboxylic acids is 1. The maximum Gasteiger partial charge on any atom is 0.368 e. The van der Waals surface area contributed by atoms with Crippen LogP contribution in [-0.2, 0) is 9.47 Å². The van der Waals surface area contributed by atoms with Crippen LogP contribution in [0.2, 0.25) is 0 Å². The van der Waals surface area contributed by atoms with Gasteiger partial charge in [-0.3, -0.25) is 0 Å². The van der Waals surface area contributed by atoms with Crippen LogP contribution in [-0.4, -0.2) is 35.1 Å². The predicted molar refractivity (Wildman–Crippen MR) is 118 cm³/mol. The van der Waals surface area contributed by atoms with Crippen molar-refractivity contribution >= 4 is 39.5 Å². The third kappa shape index (κ3) is 4.08. The molecule has 0 aliphatic carbocycles. The van der Waals surface area contributed by atoms with Crippen LogP contribution in [0.3, 0.4) is 0 Å². The van der Waals surface area contributed by atoms with Crippen molar-refractivity contribution < 1.29 is 29.0 Å². The van der Waals surface area contributed by atoms with Crippen molar-refractivity contribution in [2.75, 3.05) is 7.11 Å². The van der Waals surface area contributed by atoms with E-state index in [1.807, 2.05) is 60.7 Å². The number of thiazole rings is 1. The van der Waals surface area contributed by atoms with Crippen LogP contribution in [0.25, 0.3) is 10.2 Å². The molecule has 0 atom stereocenters. The molecule has 0 spiro atoms.